The third-order valence-electron chi connectivity index (χ3n) is 2.92. The summed E-state index contributed by atoms with van der Waals surface area (Å²) >= 11 is 0. The first-order chi connectivity index (χ1) is 8.99. The summed E-state index contributed by atoms with van der Waals surface area (Å²) < 4.78 is 5.60. The van der Waals surface area contributed by atoms with Crippen molar-refractivity contribution in [1.29, 1.82) is 0 Å². The minimum absolute atomic E-state index is 0.177. The number of carbonyl (C=O) groups excluding carboxylic acids is 1. The lowest BCUT2D eigenvalue weighted by Crippen LogP contribution is -2.28. The first-order valence-electron chi connectivity index (χ1n) is 5.96. The molecular formula is C14H15NO4. The zero-order valence-electron chi connectivity index (χ0n) is 10.8. The topological polar surface area (TPSA) is 79.5 Å². The van der Waals surface area contributed by atoms with E-state index in [1.807, 2.05) is 24.3 Å². The maximum Gasteiger partial charge on any atom is 0.305 e. The van der Waals surface area contributed by atoms with Crippen LogP contribution in [0, 0.1) is 6.92 Å². The van der Waals surface area contributed by atoms with Gasteiger partial charge in [0.05, 0.1) is 12.5 Å². The number of benzene rings is 1. The van der Waals surface area contributed by atoms with Gasteiger partial charge in [-0.25, -0.2) is 0 Å². The summed E-state index contributed by atoms with van der Waals surface area (Å²) in [7, 11) is 0. The number of aryl methyl sites for hydroxylation is 1. The highest BCUT2D eigenvalue weighted by Crippen LogP contribution is 2.31. The molecule has 0 fully saturated rings. The standard InChI is InChI=1S/C14H15NO4/c1-8-14(10-5-3-4-6-12(10)19-8)11(7-13(17)18)15-9(2)16/h3-6,11H,7H2,1-2H3,(H,15,16)(H,17,18)/t11-/m0/s1. The second-order valence-corrected chi connectivity index (χ2v) is 4.42. The van der Waals surface area contributed by atoms with Crippen LogP contribution in [-0.2, 0) is 9.59 Å². The SMILES string of the molecule is CC(=O)N[C@@H](CC(=O)O)c1c(C)oc2ccccc12. The third kappa shape index (κ3) is 2.76. The minimum Gasteiger partial charge on any atom is -0.481 e. The van der Waals surface area contributed by atoms with Crippen molar-refractivity contribution in [2.75, 3.05) is 0 Å². The average Bonchev–Trinajstić information content (AvgIpc) is 2.62. The summed E-state index contributed by atoms with van der Waals surface area (Å²) in [6.45, 7) is 3.14. The highest BCUT2D eigenvalue weighted by molar-refractivity contribution is 5.85. The predicted octanol–water partition coefficient (Wildman–Crippen LogP) is 2.39. The normalized spacial score (nSPS) is 12.3. The fourth-order valence-corrected chi connectivity index (χ4v) is 2.27. The summed E-state index contributed by atoms with van der Waals surface area (Å²) in [6.07, 6.45) is -0.177. The van der Waals surface area contributed by atoms with E-state index in [9.17, 15) is 9.59 Å². The van der Waals surface area contributed by atoms with Gasteiger partial charge in [0.25, 0.3) is 0 Å². The second-order valence-electron chi connectivity index (χ2n) is 4.42. The van der Waals surface area contributed by atoms with Crippen LogP contribution < -0.4 is 5.32 Å². The number of aliphatic carboxylic acids is 1. The van der Waals surface area contributed by atoms with E-state index in [2.05, 4.69) is 5.32 Å². The Hall–Kier alpha value is -2.30. The Kier molecular flexibility index (Phi) is 3.55. The third-order valence-corrected chi connectivity index (χ3v) is 2.92. The van der Waals surface area contributed by atoms with Crippen molar-refractivity contribution in [3.05, 3.63) is 35.6 Å². The number of furan rings is 1. The Morgan fingerprint density at radius 2 is 2.05 bits per heavy atom. The second kappa shape index (κ2) is 5.14. The number of fused-ring (bicyclic) bond motifs is 1. The largest absolute Gasteiger partial charge is 0.481 e. The molecule has 0 aliphatic rings. The maximum absolute atomic E-state index is 11.2. The molecule has 2 aromatic rings. The lowest BCUT2D eigenvalue weighted by molar-refractivity contribution is -0.137. The highest BCUT2D eigenvalue weighted by atomic mass is 16.4. The van der Waals surface area contributed by atoms with Crippen LogP contribution in [-0.4, -0.2) is 17.0 Å². The summed E-state index contributed by atoms with van der Waals surface area (Å²) in [4.78, 5) is 22.2. The van der Waals surface area contributed by atoms with E-state index in [1.165, 1.54) is 6.92 Å². The van der Waals surface area contributed by atoms with Gasteiger partial charge in [-0.05, 0) is 13.0 Å². The highest BCUT2D eigenvalue weighted by Gasteiger charge is 2.23. The van der Waals surface area contributed by atoms with E-state index >= 15 is 0 Å². The molecule has 1 amide bonds. The summed E-state index contributed by atoms with van der Waals surface area (Å²) in [6, 6.07) is 6.79. The molecule has 0 aliphatic carbocycles. The van der Waals surface area contributed by atoms with Gasteiger partial charge in [-0.1, -0.05) is 18.2 Å². The summed E-state index contributed by atoms with van der Waals surface area (Å²) in [5, 5.41) is 12.5. The van der Waals surface area contributed by atoms with Crippen LogP contribution in [0.4, 0.5) is 0 Å². The van der Waals surface area contributed by atoms with Gasteiger partial charge >= 0.3 is 5.97 Å². The van der Waals surface area contributed by atoms with Gasteiger partial charge in [-0.3, -0.25) is 9.59 Å². The van der Waals surface area contributed by atoms with Crippen LogP contribution in [0.2, 0.25) is 0 Å². The molecule has 0 saturated heterocycles. The molecule has 5 nitrogen and oxygen atoms in total. The van der Waals surface area contributed by atoms with E-state index in [0.717, 1.165) is 10.9 Å². The molecule has 19 heavy (non-hydrogen) atoms. The predicted molar refractivity (Wildman–Crippen MR) is 69.8 cm³/mol. The molecule has 5 heteroatoms. The molecule has 100 valence electrons. The van der Waals surface area contributed by atoms with Crippen LogP contribution in [0.25, 0.3) is 11.0 Å². The quantitative estimate of drug-likeness (QED) is 0.885. The van der Waals surface area contributed by atoms with Crippen molar-refractivity contribution in [3.8, 4) is 0 Å². The average molecular weight is 261 g/mol. The number of carboxylic acid groups (broad SMARTS) is 1. The molecule has 0 radical (unpaired) electrons. The molecule has 0 bridgehead atoms. The maximum atomic E-state index is 11.2. The Labute approximate surface area is 110 Å². The molecule has 1 atom stereocenters. The van der Waals surface area contributed by atoms with Gasteiger partial charge in [0, 0.05) is 17.9 Å². The van der Waals surface area contributed by atoms with E-state index < -0.39 is 12.0 Å². The van der Waals surface area contributed by atoms with E-state index in [-0.39, 0.29) is 12.3 Å². The monoisotopic (exact) mass is 261 g/mol. The molecular weight excluding hydrogens is 246 g/mol. The van der Waals surface area contributed by atoms with Gasteiger partial charge in [-0.2, -0.15) is 0 Å². The number of hydrogen-bond acceptors (Lipinski definition) is 3. The lowest BCUT2D eigenvalue weighted by atomic mass is 10.00. The molecule has 0 unspecified atom stereocenters. The van der Waals surface area contributed by atoms with Crippen molar-refractivity contribution in [2.24, 2.45) is 0 Å². The van der Waals surface area contributed by atoms with E-state index in [1.54, 1.807) is 6.92 Å². The van der Waals surface area contributed by atoms with Crippen LogP contribution in [0.3, 0.4) is 0 Å². The van der Waals surface area contributed by atoms with Gasteiger partial charge in [0.15, 0.2) is 0 Å². The van der Waals surface area contributed by atoms with Crippen LogP contribution in [0.15, 0.2) is 28.7 Å². The smallest absolute Gasteiger partial charge is 0.305 e. The number of rotatable bonds is 4. The van der Waals surface area contributed by atoms with Gasteiger partial charge in [0.2, 0.25) is 5.91 Å². The zero-order chi connectivity index (χ0) is 14.0. The molecule has 1 aromatic carbocycles. The number of nitrogens with one attached hydrogen (secondary N) is 1. The van der Waals surface area contributed by atoms with Crippen molar-refractivity contribution in [2.45, 2.75) is 26.3 Å². The Balaban J connectivity index is 2.51. The summed E-state index contributed by atoms with van der Waals surface area (Å²) in [5.41, 5.74) is 1.42. The molecule has 0 spiro atoms. The zero-order valence-corrected chi connectivity index (χ0v) is 10.8. The van der Waals surface area contributed by atoms with Crippen LogP contribution in [0.1, 0.15) is 30.7 Å². The number of amides is 1. The molecule has 1 aromatic heterocycles. The fourth-order valence-electron chi connectivity index (χ4n) is 2.27. The fraction of sp³-hybridized carbons (Fsp3) is 0.286. The number of para-hydroxylation sites is 1. The lowest BCUT2D eigenvalue weighted by Gasteiger charge is -2.15. The molecule has 0 saturated carbocycles. The van der Waals surface area contributed by atoms with E-state index in [0.29, 0.717) is 11.3 Å². The van der Waals surface area contributed by atoms with Crippen molar-refractivity contribution in [1.82, 2.24) is 5.32 Å². The van der Waals surface area contributed by atoms with Crippen molar-refractivity contribution < 1.29 is 19.1 Å². The minimum atomic E-state index is -0.969. The number of hydrogen-bond donors (Lipinski definition) is 2. The van der Waals surface area contributed by atoms with Gasteiger partial charge in [0.1, 0.15) is 11.3 Å². The Bertz CT molecular complexity index is 613. The van der Waals surface area contributed by atoms with Crippen molar-refractivity contribution >= 4 is 22.8 Å². The first kappa shape index (κ1) is 13.1. The van der Waals surface area contributed by atoms with Gasteiger partial charge in [-0.15, -0.1) is 0 Å². The molecule has 2 N–H and O–H groups in total. The summed E-state index contributed by atoms with van der Waals surface area (Å²) in [5.74, 6) is -0.611. The Morgan fingerprint density at radius 1 is 1.37 bits per heavy atom. The Morgan fingerprint density at radius 3 is 2.68 bits per heavy atom. The van der Waals surface area contributed by atoms with Crippen LogP contribution in [0.5, 0.6) is 0 Å². The first-order valence-corrected chi connectivity index (χ1v) is 5.96. The molecule has 2 rings (SSSR count). The van der Waals surface area contributed by atoms with Gasteiger partial charge < -0.3 is 14.8 Å². The van der Waals surface area contributed by atoms with E-state index in [4.69, 9.17) is 9.52 Å². The molecule has 1 heterocycles. The number of carboxylic acids is 1. The van der Waals surface area contributed by atoms with Crippen LogP contribution >= 0.6 is 0 Å². The van der Waals surface area contributed by atoms with Crippen molar-refractivity contribution in [3.63, 3.8) is 0 Å². The molecule has 0 aliphatic heterocycles. The number of carbonyl (C=O) groups is 2.